The lowest BCUT2D eigenvalue weighted by molar-refractivity contribution is -0.170. The Morgan fingerprint density at radius 3 is 2.25 bits per heavy atom. The summed E-state index contributed by atoms with van der Waals surface area (Å²) in [6.45, 7) is 4.61. The van der Waals surface area contributed by atoms with Gasteiger partial charge in [-0.15, -0.1) is 0 Å². The van der Waals surface area contributed by atoms with Crippen LogP contribution in [-0.2, 0) is 25.7 Å². The van der Waals surface area contributed by atoms with Crippen LogP contribution in [0.3, 0.4) is 0 Å². The van der Waals surface area contributed by atoms with Gasteiger partial charge in [0.05, 0.1) is 0 Å². The van der Waals surface area contributed by atoms with Gasteiger partial charge in [0.25, 0.3) is 0 Å². The summed E-state index contributed by atoms with van der Waals surface area (Å²) in [5, 5.41) is 20.8. The summed E-state index contributed by atoms with van der Waals surface area (Å²) >= 11 is 0. The van der Waals surface area contributed by atoms with Gasteiger partial charge in [-0.2, -0.15) is 0 Å². The number of aliphatic hydroxyl groups is 1. The summed E-state index contributed by atoms with van der Waals surface area (Å²) in [7, 11) is 0. The van der Waals surface area contributed by atoms with E-state index in [1.54, 1.807) is 51.1 Å². The Kier molecular flexibility index (Phi) is 6.72. The zero-order chi connectivity index (χ0) is 18.3. The van der Waals surface area contributed by atoms with Crippen LogP contribution in [-0.4, -0.2) is 46.0 Å². The number of esters is 1. The van der Waals surface area contributed by atoms with Crippen molar-refractivity contribution < 1.29 is 34.1 Å². The second-order valence-electron chi connectivity index (χ2n) is 6.00. The zero-order valence-corrected chi connectivity index (χ0v) is 13.7. The molecule has 0 unspecified atom stereocenters. The third-order valence-corrected chi connectivity index (χ3v) is 2.72. The van der Waals surface area contributed by atoms with Crippen LogP contribution in [0.1, 0.15) is 26.3 Å². The van der Waals surface area contributed by atoms with E-state index in [-0.39, 0.29) is 6.61 Å². The maximum Gasteiger partial charge on any atom is 0.408 e. The Balaban J connectivity index is 2.63. The van der Waals surface area contributed by atoms with Crippen molar-refractivity contribution in [3.8, 4) is 0 Å². The van der Waals surface area contributed by atoms with E-state index in [1.165, 1.54) is 0 Å². The first-order valence-electron chi connectivity index (χ1n) is 7.21. The number of hydrogen-bond acceptors (Lipinski definition) is 6. The maximum atomic E-state index is 11.7. The number of rotatable bonds is 6. The average Bonchev–Trinajstić information content (AvgIpc) is 2.49. The number of alkyl carbamates (subject to hydrolysis) is 1. The second kappa shape index (κ2) is 8.30. The number of carboxylic acids is 1. The van der Waals surface area contributed by atoms with E-state index in [0.717, 1.165) is 0 Å². The number of aliphatic carboxylic acids is 1. The van der Waals surface area contributed by atoms with Gasteiger partial charge < -0.3 is 25.0 Å². The van der Waals surface area contributed by atoms with E-state index in [2.05, 4.69) is 0 Å². The summed E-state index contributed by atoms with van der Waals surface area (Å²) in [4.78, 5) is 34.6. The largest absolute Gasteiger partial charge is 0.480 e. The summed E-state index contributed by atoms with van der Waals surface area (Å²) in [5.41, 5.74) is -0.207. The molecule has 0 aliphatic rings. The summed E-state index contributed by atoms with van der Waals surface area (Å²) in [5.74, 6) is -2.75. The summed E-state index contributed by atoms with van der Waals surface area (Å²) < 4.78 is 9.76. The van der Waals surface area contributed by atoms with Crippen molar-refractivity contribution in [3.05, 3.63) is 35.9 Å². The van der Waals surface area contributed by atoms with Gasteiger partial charge in [0.15, 0.2) is 12.1 Å². The number of ether oxygens (including phenoxy) is 2. The van der Waals surface area contributed by atoms with Crippen molar-refractivity contribution in [1.29, 1.82) is 0 Å². The average molecular weight is 339 g/mol. The highest BCUT2D eigenvalue weighted by atomic mass is 16.6. The van der Waals surface area contributed by atoms with Crippen molar-refractivity contribution >= 4 is 18.0 Å². The number of aliphatic hydroxyl groups excluding tert-OH is 1. The molecule has 1 aromatic carbocycles. The smallest absolute Gasteiger partial charge is 0.408 e. The Hall–Kier alpha value is -2.61. The molecule has 0 radical (unpaired) electrons. The number of benzene rings is 1. The number of carbonyl (C=O) groups excluding carboxylic acids is 2. The molecule has 1 aromatic rings. The monoisotopic (exact) mass is 339 g/mol. The molecular formula is C16H21NO7. The van der Waals surface area contributed by atoms with Crippen molar-refractivity contribution in [1.82, 2.24) is 5.32 Å². The number of carbonyl (C=O) groups is 3. The fourth-order valence-electron chi connectivity index (χ4n) is 1.67. The fraction of sp³-hybridized carbons (Fsp3) is 0.438. The SMILES string of the molecule is CC(C)(C)OC(=O)[C@H](O)[C@@H](NC(=O)OCc1ccccc1)C(=O)O. The van der Waals surface area contributed by atoms with Gasteiger partial charge in [-0.1, -0.05) is 30.3 Å². The molecule has 0 saturated heterocycles. The first-order valence-corrected chi connectivity index (χ1v) is 7.21. The lowest BCUT2D eigenvalue weighted by Crippen LogP contribution is -2.53. The Morgan fingerprint density at radius 2 is 1.75 bits per heavy atom. The number of amides is 1. The first kappa shape index (κ1) is 19.4. The van der Waals surface area contributed by atoms with Crippen LogP contribution in [0.15, 0.2) is 30.3 Å². The number of hydrogen-bond donors (Lipinski definition) is 3. The van der Waals surface area contributed by atoms with Crippen LogP contribution >= 0.6 is 0 Å². The number of nitrogens with one attached hydrogen (secondary N) is 1. The van der Waals surface area contributed by atoms with Gasteiger partial charge in [0, 0.05) is 0 Å². The fourth-order valence-corrected chi connectivity index (χ4v) is 1.67. The van der Waals surface area contributed by atoms with Gasteiger partial charge in [-0.05, 0) is 26.3 Å². The predicted octanol–water partition coefficient (Wildman–Crippen LogP) is 1.07. The van der Waals surface area contributed by atoms with Crippen molar-refractivity contribution in [2.75, 3.05) is 0 Å². The maximum absolute atomic E-state index is 11.7. The summed E-state index contributed by atoms with van der Waals surface area (Å²) in [6.07, 6.45) is -3.14. The van der Waals surface area contributed by atoms with Gasteiger partial charge in [-0.3, -0.25) is 0 Å². The molecule has 0 heterocycles. The van der Waals surface area contributed by atoms with Crippen LogP contribution in [0, 0.1) is 0 Å². The lowest BCUT2D eigenvalue weighted by atomic mass is 10.1. The van der Waals surface area contributed by atoms with Crippen LogP contribution < -0.4 is 5.32 Å². The van der Waals surface area contributed by atoms with E-state index in [0.29, 0.717) is 5.56 Å². The topological polar surface area (TPSA) is 122 Å². The molecule has 8 heteroatoms. The van der Waals surface area contributed by atoms with Crippen molar-refractivity contribution in [2.24, 2.45) is 0 Å². The zero-order valence-electron chi connectivity index (χ0n) is 13.7. The Labute approximate surface area is 139 Å². The quantitative estimate of drug-likeness (QED) is 0.663. The molecule has 0 aliphatic heterocycles. The van der Waals surface area contributed by atoms with E-state index in [9.17, 15) is 19.5 Å². The minimum atomic E-state index is -2.06. The first-order chi connectivity index (χ1) is 11.1. The molecule has 1 amide bonds. The molecular weight excluding hydrogens is 318 g/mol. The normalized spacial score (nSPS) is 13.5. The predicted molar refractivity (Wildman–Crippen MR) is 83.0 cm³/mol. The minimum absolute atomic E-state index is 0.0818. The highest BCUT2D eigenvalue weighted by molar-refractivity contribution is 5.88. The van der Waals surface area contributed by atoms with Crippen LogP contribution in [0.4, 0.5) is 4.79 Å². The molecule has 8 nitrogen and oxygen atoms in total. The number of carboxylic acid groups (broad SMARTS) is 1. The second-order valence-corrected chi connectivity index (χ2v) is 6.00. The molecule has 3 N–H and O–H groups in total. The minimum Gasteiger partial charge on any atom is -0.480 e. The molecule has 24 heavy (non-hydrogen) atoms. The highest BCUT2D eigenvalue weighted by Crippen LogP contribution is 2.10. The molecule has 0 fully saturated rings. The van der Waals surface area contributed by atoms with Gasteiger partial charge in [-0.25, -0.2) is 14.4 Å². The Morgan fingerprint density at radius 1 is 1.17 bits per heavy atom. The third kappa shape index (κ3) is 6.66. The molecule has 2 atom stereocenters. The standard InChI is InChI=1S/C16H21NO7/c1-16(2,3)24-14(21)12(18)11(13(19)20)17-15(22)23-9-10-7-5-4-6-8-10/h4-8,11-12,18H,9H2,1-3H3,(H,17,22)(H,19,20)/t11-,12-/m1/s1. The van der Waals surface area contributed by atoms with Gasteiger partial charge in [0.1, 0.15) is 12.2 Å². The third-order valence-electron chi connectivity index (χ3n) is 2.72. The molecule has 1 rings (SSSR count). The van der Waals surface area contributed by atoms with Crippen molar-refractivity contribution in [2.45, 2.75) is 45.1 Å². The molecule has 0 aromatic heterocycles. The van der Waals surface area contributed by atoms with Crippen LogP contribution in [0.25, 0.3) is 0 Å². The molecule has 0 spiro atoms. The van der Waals surface area contributed by atoms with E-state index in [1.807, 2.05) is 5.32 Å². The lowest BCUT2D eigenvalue weighted by Gasteiger charge is -2.24. The van der Waals surface area contributed by atoms with Crippen LogP contribution in [0.5, 0.6) is 0 Å². The van der Waals surface area contributed by atoms with E-state index in [4.69, 9.17) is 14.6 Å². The van der Waals surface area contributed by atoms with E-state index < -0.39 is 35.8 Å². The molecule has 0 aliphatic carbocycles. The molecule has 0 saturated carbocycles. The van der Waals surface area contributed by atoms with Crippen molar-refractivity contribution in [3.63, 3.8) is 0 Å². The van der Waals surface area contributed by atoms with Crippen LogP contribution in [0.2, 0.25) is 0 Å². The summed E-state index contributed by atoms with van der Waals surface area (Å²) in [6, 6.07) is 6.85. The molecule has 0 bridgehead atoms. The molecule has 132 valence electrons. The van der Waals surface area contributed by atoms with Gasteiger partial charge >= 0.3 is 18.0 Å². The highest BCUT2D eigenvalue weighted by Gasteiger charge is 2.36. The van der Waals surface area contributed by atoms with Gasteiger partial charge in [0.2, 0.25) is 0 Å². The van der Waals surface area contributed by atoms with E-state index >= 15 is 0 Å². The Bertz CT molecular complexity index is 580.